The van der Waals surface area contributed by atoms with Crippen LogP contribution in [0.4, 0.5) is 16.2 Å². The molecule has 1 aliphatic heterocycles. The minimum atomic E-state index is -0.183. The molecule has 2 amide bonds. The Hall–Kier alpha value is -1.75. The number of carbonyl (C=O) groups is 1. The largest absolute Gasteiger partial charge is 0.396 e. The first-order valence-electron chi connectivity index (χ1n) is 8.70. The second-order valence-electron chi connectivity index (χ2n) is 6.37. The van der Waals surface area contributed by atoms with Gasteiger partial charge in [0.15, 0.2) is 0 Å². The number of benzene rings is 1. The van der Waals surface area contributed by atoms with E-state index in [9.17, 15) is 4.79 Å². The number of rotatable bonds is 6. The van der Waals surface area contributed by atoms with Crippen molar-refractivity contribution in [2.45, 2.75) is 39.0 Å². The molecule has 0 saturated carbocycles. The highest BCUT2D eigenvalue weighted by molar-refractivity contribution is 5.93. The van der Waals surface area contributed by atoms with Gasteiger partial charge in [-0.3, -0.25) is 0 Å². The molecule has 0 radical (unpaired) electrons. The summed E-state index contributed by atoms with van der Waals surface area (Å²) in [5.41, 5.74) is 1.97. The average Bonchev–Trinajstić information content (AvgIpc) is 2.83. The highest BCUT2D eigenvalue weighted by Gasteiger charge is 2.14. The summed E-state index contributed by atoms with van der Waals surface area (Å²) in [6.07, 6.45) is 5.69. The predicted octanol–water partition coefficient (Wildman–Crippen LogP) is 3.21. The van der Waals surface area contributed by atoms with Crippen molar-refractivity contribution in [3.05, 3.63) is 24.3 Å². The summed E-state index contributed by atoms with van der Waals surface area (Å²) < 4.78 is 0. The fourth-order valence-corrected chi connectivity index (χ4v) is 2.92. The molecule has 23 heavy (non-hydrogen) atoms. The maximum absolute atomic E-state index is 12.1. The number of hydrogen-bond donors (Lipinski definition) is 3. The summed E-state index contributed by atoms with van der Waals surface area (Å²) in [6, 6.07) is 7.82. The van der Waals surface area contributed by atoms with Crippen LogP contribution in [0.3, 0.4) is 0 Å². The van der Waals surface area contributed by atoms with Crippen LogP contribution in [0, 0.1) is 5.92 Å². The van der Waals surface area contributed by atoms with Crippen molar-refractivity contribution in [1.29, 1.82) is 0 Å². The normalized spacial score (nSPS) is 16.5. The third-order valence-electron chi connectivity index (χ3n) is 4.33. The van der Waals surface area contributed by atoms with Crippen molar-refractivity contribution < 1.29 is 9.90 Å². The Bertz CT molecular complexity index is 485. The van der Waals surface area contributed by atoms with Crippen LogP contribution in [0.2, 0.25) is 0 Å². The second-order valence-corrected chi connectivity index (χ2v) is 6.37. The summed E-state index contributed by atoms with van der Waals surface area (Å²) in [6.45, 7) is 4.84. The molecule has 5 nitrogen and oxygen atoms in total. The van der Waals surface area contributed by atoms with E-state index >= 15 is 0 Å². The summed E-state index contributed by atoms with van der Waals surface area (Å²) >= 11 is 0. The lowest BCUT2D eigenvalue weighted by Gasteiger charge is -2.25. The molecule has 5 heteroatoms. The lowest BCUT2D eigenvalue weighted by molar-refractivity contribution is 0.243. The summed E-state index contributed by atoms with van der Waals surface area (Å²) in [7, 11) is 0. The standard InChI is InChI=1S/C18H29N3O2/c1-15(10-13-22)14-19-18(23)20-16-8-4-5-9-17(16)21-11-6-2-3-7-12-21/h4-5,8-9,15,22H,2-3,6-7,10-14H2,1H3,(H2,19,20,23)/t15-/m1/s1. The van der Waals surface area contributed by atoms with Gasteiger partial charge < -0.3 is 20.6 Å². The minimum Gasteiger partial charge on any atom is -0.396 e. The van der Waals surface area contributed by atoms with Gasteiger partial charge in [0.25, 0.3) is 0 Å². The molecular weight excluding hydrogens is 290 g/mol. The number of anilines is 2. The SMILES string of the molecule is C[C@H](CCO)CNC(=O)Nc1ccccc1N1CCCCCC1. The van der Waals surface area contributed by atoms with Crippen molar-refractivity contribution in [2.75, 3.05) is 36.5 Å². The first-order chi connectivity index (χ1) is 11.2. The number of aliphatic hydroxyl groups is 1. The van der Waals surface area contributed by atoms with Gasteiger partial charge in [-0.2, -0.15) is 0 Å². The first-order valence-corrected chi connectivity index (χ1v) is 8.70. The smallest absolute Gasteiger partial charge is 0.319 e. The fourth-order valence-electron chi connectivity index (χ4n) is 2.92. The van der Waals surface area contributed by atoms with E-state index in [0.717, 1.165) is 24.5 Å². The van der Waals surface area contributed by atoms with Crippen molar-refractivity contribution in [3.8, 4) is 0 Å². The number of hydrogen-bond acceptors (Lipinski definition) is 3. The minimum absolute atomic E-state index is 0.155. The molecule has 3 N–H and O–H groups in total. The quantitative estimate of drug-likeness (QED) is 0.754. The maximum atomic E-state index is 12.1. The molecule has 1 aromatic rings. The first kappa shape index (κ1) is 17.6. The van der Waals surface area contributed by atoms with E-state index in [2.05, 4.69) is 21.6 Å². The van der Waals surface area contributed by atoms with Crippen LogP contribution in [-0.4, -0.2) is 37.4 Å². The predicted molar refractivity (Wildman–Crippen MR) is 95.0 cm³/mol. The van der Waals surface area contributed by atoms with Crippen LogP contribution < -0.4 is 15.5 Å². The molecule has 0 aromatic heterocycles. The van der Waals surface area contributed by atoms with E-state index in [4.69, 9.17) is 5.11 Å². The molecule has 2 rings (SSSR count). The third kappa shape index (κ3) is 5.75. The van der Waals surface area contributed by atoms with E-state index in [-0.39, 0.29) is 18.6 Å². The maximum Gasteiger partial charge on any atom is 0.319 e. The number of nitrogens with one attached hydrogen (secondary N) is 2. The lowest BCUT2D eigenvalue weighted by Crippen LogP contribution is -2.33. The van der Waals surface area contributed by atoms with Crippen LogP contribution in [-0.2, 0) is 0 Å². The Kier molecular flexibility index (Phi) is 7.20. The van der Waals surface area contributed by atoms with Gasteiger partial charge in [0.1, 0.15) is 0 Å². The van der Waals surface area contributed by atoms with Gasteiger partial charge in [0, 0.05) is 26.2 Å². The van der Waals surface area contributed by atoms with Crippen LogP contribution in [0.1, 0.15) is 39.0 Å². The Morgan fingerprint density at radius 2 is 1.91 bits per heavy atom. The molecule has 0 unspecified atom stereocenters. The van der Waals surface area contributed by atoms with E-state index < -0.39 is 0 Å². The van der Waals surface area contributed by atoms with Crippen LogP contribution in [0.15, 0.2) is 24.3 Å². The van der Waals surface area contributed by atoms with E-state index in [1.54, 1.807) is 0 Å². The average molecular weight is 319 g/mol. The van der Waals surface area contributed by atoms with E-state index in [0.29, 0.717) is 13.0 Å². The van der Waals surface area contributed by atoms with Gasteiger partial charge in [0.2, 0.25) is 0 Å². The number of carbonyl (C=O) groups excluding carboxylic acids is 1. The number of para-hydroxylation sites is 2. The summed E-state index contributed by atoms with van der Waals surface area (Å²) in [5.74, 6) is 0.270. The van der Waals surface area contributed by atoms with Gasteiger partial charge in [-0.25, -0.2) is 4.79 Å². The summed E-state index contributed by atoms with van der Waals surface area (Å²) in [5, 5.41) is 14.8. The topological polar surface area (TPSA) is 64.6 Å². The molecule has 1 atom stereocenters. The number of amides is 2. The Labute approximate surface area is 139 Å². The molecule has 0 aliphatic carbocycles. The fraction of sp³-hybridized carbons (Fsp3) is 0.611. The van der Waals surface area contributed by atoms with Gasteiger partial charge in [-0.05, 0) is 37.3 Å². The highest BCUT2D eigenvalue weighted by Crippen LogP contribution is 2.27. The van der Waals surface area contributed by atoms with Gasteiger partial charge >= 0.3 is 6.03 Å². The zero-order valence-electron chi connectivity index (χ0n) is 14.1. The van der Waals surface area contributed by atoms with Gasteiger partial charge in [0.05, 0.1) is 11.4 Å². The van der Waals surface area contributed by atoms with Crippen molar-refractivity contribution in [3.63, 3.8) is 0 Å². The van der Waals surface area contributed by atoms with Crippen molar-refractivity contribution in [1.82, 2.24) is 5.32 Å². The molecule has 1 fully saturated rings. The zero-order chi connectivity index (χ0) is 16.5. The molecule has 0 bridgehead atoms. The molecule has 1 aliphatic rings. The van der Waals surface area contributed by atoms with E-state index in [1.165, 1.54) is 25.7 Å². The third-order valence-corrected chi connectivity index (χ3v) is 4.33. The lowest BCUT2D eigenvalue weighted by atomic mass is 10.1. The molecule has 128 valence electrons. The number of urea groups is 1. The number of aliphatic hydroxyl groups excluding tert-OH is 1. The molecule has 0 spiro atoms. The van der Waals surface area contributed by atoms with E-state index in [1.807, 2.05) is 25.1 Å². The van der Waals surface area contributed by atoms with Crippen LogP contribution in [0.5, 0.6) is 0 Å². The molecule has 1 heterocycles. The second kappa shape index (κ2) is 9.40. The van der Waals surface area contributed by atoms with Crippen molar-refractivity contribution in [2.24, 2.45) is 5.92 Å². The Balaban J connectivity index is 1.95. The molecule has 1 aromatic carbocycles. The summed E-state index contributed by atoms with van der Waals surface area (Å²) in [4.78, 5) is 14.5. The van der Waals surface area contributed by atoms with Gasteiger partial charge in [-0.1, -0.05) is 31.9 Å². The zero-order valence-corrected chi connectivity index (χ0v) is 14.1. The monoisotopic (exact) mass is 319 g/mol. The highest BCUT2D eigenvalue weighted by atomic mass is 16.3. The Morgan fingerprint density at radius 3 is 2.61 bits per heavy atom. The van der Waals surface area contributed by atoms with Crippen LogP contribution in [0.25, 0.3) is 0 Å². The Morgan fingerprint density at radius 1 is 1.22 bits per heavy atom. The van der Waals surface area contributed by atoms with Crippen LogP contribution >= 0.6 is 0 Å². The molecule has 1 saturated heterocycles. The molecular formula is C18H29N3O2. The van der Waals surface area contributed by atoms with Crippen molar-refractivity contribution >= 4 is 17.4 Å². The van der Waals surface area contributed by atoms with Gasteiger partial charge in [-0.15, -0.1) is 0 Å². The number of nitrogens with zero attached hydrogens (tertiary/aromatic N) is 1.